The summed E-state index contributed by atoms with van der Waals surface area (Å²) in [5, 5.41) is 9.50. The molecule has 0 aromatic heterocycles. The van der Waals surface area contributed by atoms with Crippen LogP contribution in [0.5, 0.6) is 5.75 Å². The number of aromatic hydroxyl groups is 1. The molecule has 82 valence electrons. The van der Waals surface area contributed by atoms with Gasteiger partial charge in [-0.05, 0) is 42.9 Å². The maximum Gasteiger partial charge on any atom is 0.138 e. The molecule has 3 N–H and O–H groups in total. The lowest BCUT2D eigenvalue weighted by molar-refractivity contribution is 0.441. The molecule has 1 aliphatic carbocycles. The molecule has 2 heteroatoms. The Morgan fingerprint density at radius 2 is 1.87 bits per heavy atom. The van der Waals surface area contributed by atoms with Crippen LogP contribution in [0.3, 0.4) is 0 Å². The third kappa shape index (κ3) is 1.94. The molecule has 15 heavy (non-hydrogen) atoms. The second-order valence-electron chi connectivity index (χ2n) is 4.55. The van der Waals surface area contributed by atoms with Crippen LogP contribution in [0.2, 0.25) is 0 Å². The third-order valence-corrected chi connectivity index (χ3v) is 3.58. The van der Waals surface area contributed by atoms with E-state index < -0.39 is 0 Å². The minimum Gasteiger partial charge on any atom is -0.506 e. The summed E-state index contributed by atoms with van der Waals surface area (Å²) >= 11 is 0. The zero-order valence-electron chi connectivity index (χ0n) is 9.29. The van der Waals surface area contributed by atoms with Gasteiger partial charge in [-0.15, -0.1) is 0 Å². The van der Waals surface area contributed by atoms with E-state index in [2.05, 4.69) is 0 Å². The molecule has 1 saturated carbocycles. The minimum absolute atomic E-state index is 0.215. The lowest BCUT2D eigenvalue weighted by Gasteiger charge is -2.24. The Morgan fingerprint density at radius 1 is 1.20 bits per heavy atom. The van der Waals surface area contributed by atoms with Crippen molar-refractivity contribution < 1.29 is 5.11 Å². The lowest BCUT2D eigenvalue weighted by Crippen LogP contribution is -2.07. The van der Waals surface area contributed by atoms with Gasteiger partial charge < -0.3 is 10.8 Å². The van der Waals surface area contributed by atoms with Crippen molar-refractivity contribution in [3.8, 4) is 5.75 Å². The van der Waals surface area contributed by atoms with Gasteiger partial charge >= 0.3 is 0 Å². The number of rotatable bonds is 1. The molecule has 0 unspecified atom stereocenters. The van der Waals surface area contributed by atoms with Gasteiger partial charge in [-0.1, -0.05) is 25.3 Å². The fourth-order valence-electron chi connectivity index (χ4n) is 2.59. The number of hydrogen-bond donors (Lipinski definition) is 2. The Hall–Kier alpha value is -1.18. The van der Waals surface area contributed by atoms with E-state index in [4.69, 9.17) is 5.73 Å². The van der Waals surface area contributed by atoms with Crippen LogP contribution in [0.25, 0.3) is 0 Å². The first-order valence-electron chi connectivity index (χ1n) is 5.78. The maximum absolute atomic E-state index is 9.50. The number of anilines is 1. The first kappa shape index (κ1) is 10.3. The molecule has 2 rings (SSSR count). The summed E-state index contributed by atoms with van der Waals surface area (Å²) in [6, 6.07) is 3.77. The Morgan fingerprint density at radius 3 is 2.53 bits per heavy atom. The lowest BCUT2D eigenvalue weighted by atomic mass is 9.82. The number of phenolic OH excluding ortho intramolecular Hbond substituents is 1. The van der Waals surface area contributed by atoms with Gasteiger partial charge in [0.25, 0.3) is 0 Å². The second kappa shape index (κ2) is 4.13. The van der Waals surface area contributed by atoms with Crippen molar-refractivity contribution in [2.24, 2.45) is 0 Å². The topological polar surface area (TPSA) is 46.2 Å². The van der Waals surface area contributed by atoms with E-state index in [9.17, 15) is 5.11 Å². The summed E-state index contributed by atoms with van der Waals surface area (Å²) < 4.78 is 0. The van der Waals surface area contributed by atoms with Crippen LogP contribution in [-0.2, 0) is 0 Å². The number of hydrogen-bond acceptors (Lipinski definition) is 2. The molecule has 0 aliphatic heterocycles. The van der Waals surface area contributed by atoms with Crippen molar-refractivity contribution in [3.63, 3.8) is 0 Å². The molecule has 1 fully saturated rings. The average Bonchev–Trinajstić information content (AvgIpc) is 2.27. The maximum atomic E-state index is 9.50. The number of benzene rings is 1. The molecular weight excluding hydrogens is 186 g/mol. The molecule has 0 amide bonds. The van der Waals surface area contributed by atoms with E-state index in [0.717, 1.165) is 5.56 Å². The van der Waals surface area contributed by atoms with Gasteiger partial charge in [0, 0.05) is 0 Å². The van der Waals surface area contributed by atoms with Crippen molar-refractivity contribution in [2.45, 2.75) is 44.9 Å². The van der Waals surface area contributed by atoms with Gasteiger partial charge in [-0.25, -0.2) is 0 Å². The van der Waals surface area contributed by atoms with Gasteiger partial charge in [0.05, 0.1) is 5.69 Å². The average molecular weight is 205 g/mol. The van der Waals surface area contributed by atoms with E-state index in [1.54, 1.807) is 6.07 Å². The molecule has 1 aromatic rings. The minimum atomic E-state index is 0.215. The highest BCUT2D eigenvalue weighted by molar-refractivity contribution is 5.60. The summed E-state index contributed by atoms with van der Waals surface area (Å²) in [6.45, 7) is 2.01. The van der Waals surface area contributed by atoms with Crippen molar-refractivity contribution in [3.05, 3.63) is 23.3 Å². The van der Waals surface area contributed by atoms with Gasteiger partial charge in [0.2, 0.25) is 0 Å². The molecule has 0 atom stereocenters. The normalized spacial score (nSPS) is 17.9. The standard InChI is InChI=1S/C13H19NO/c1-9-11(7-8-12(15)13(9)14)10-5-3-2-4-6-10/h7-8,10,15H,2-6,14H2,1H3. The van der Waals surface area contributed by atoms with Crippen molar-refractivity contribution in [2.75, 3.05) is 5.73 Å². The summed E-state index contributed by atoms with van der Waals surface area (Å²) in [4.78, 5) is 0. The molecule has 1 aliphatic rings. The number of phenols is 1. The first-order valence-corrected chi connectivity index (χ1v) is 5.78. The monoisotopic (exact) mass is 205 g/mol. The van der Waals surface area contributed by atoms with Crippen LogP contribution in [0.15, 0.2) is 12.1 Å². The summed E-state index contributed by atoms with van der Waals surface area (Å²) in [6.07, 6.45) is 6.55. The second-order valence-corrected chi connectivity index (χ2v) is 4.55. The zero-order valence-corrected chi connectivity index (χ0v) is 9.29. The summed E-state index contributed by atoms with van der Waals surface area (Å²) in [7, 11) is 0. The molecule has 0 radical (unpaired) electrons. The van der Waals surface area contributed by atoms with Gasteiger partial charge in [-0.2, -0.15) is 0 Å². The van der Waals surface area contributed by atoms with Crippen LogP contribution in [0.4, 0.5) is 5.69 Å². The quantitative estimate of drug-likeness (QED) is 0.545. The number of nitrogen functional groups attached to an aromatic ring is 1. The first-order chi connectivity index (χ1) is 7.20. The predicted octanol–water partition coefficient (Wildman–Crippen LogP) is 3.33. The number of nitrogens with two attached hydrogens (primary N) is 1. The third-order valence-electron chi connectivity index (χ3n) is 3.58. The fourth-order valence-corrected chi connectivity index (χ4v) is 2.59. The molecule has 0 saturated heterocycles. The van der Waals surface area contributed by atoms with Gasteiger partial charge in [0.1, 0.15) is 5.75 Å². The molecule has 1 aromatic carbocycles. The van der Waals surface area contributed by atoms with E-state index >= 15 is 0 Å². The SMILES string of the molecule is Cc1c(C2CCCCC2)ccc(O)c1N. The Labute approximate surface area is 91.1 Å². The molecular formula is C13H19NO. The highest BCUT2D eigenvalue weighted by Crippen LogP contribution is 2.37. The Kier molecular flexibility index (Phi) is 2.85. The van der Waals surface area contributed by atoms with Crippen molar-refractivity contribution in [1.29, 1.82) is 0 Å². The highest BCUT2D eigenvalue weighted by atomic mass is 16.3. The van der Waals surface area contributed by atoms with Gasteiger partial charge in [-0.3, -0.25) is 0 Å². The van der Waals surface area contributed by atoms with Gasteiger partial charge in [0.15, 0.2) is 0 Å². The fraction of sp³-hybridized carbons (Fsp3) is 0.538. The van der Waals surface area contributed by atoms with Crippen LogP contribution < -0.4 is 5.73 Å². The molecule has 2 nitrogen and oxygen atoms in total. The predicted molar refractivity (Wildman–Crippen MR) is 63.1 cm³/mol. The molecule has 0 bridgehead atoms. The largest absolute Gasteiger partial charge is 0.506 e. The smallest absolute Gasteiger partial charge is 0.138 e. The van der Waals surface area contributed by atoms with Crippen LogP contribution in [0.1, 0.15) is 49.1 Å². The molecule has 0 heterocycles. The Balaban J connectivity index is 2.31. The van der Waals surface area contributed by atoms with E-state index in [-0.39, 0.29) is 5.75 Å². The van der Waals surface area contributed by atoms with E-state index in [1.165, 1.54) is 37.7 Å². The van der Waals surface area contributed by atoms with Crippen molar-refractivity contribution in [1.82, 2.24) is 0 Å². The highest BCUT2D eigenvalue weighted by Gasteiger charge is 2.18. The molecule has 0 spiro atoms. The summed E-state index contributed by atoms with van der Waals surface area (Å²) in [5.41, 5.74) is 8.80. The van der Waals surface area contributed by atoms with E-state index in [1.807, 2.05) is 13.0 Å². The Bertz CT molecular complexity index is 354. The van der Waals surface area contributed by atoms with Crippen LogP contribution in [-0.4, -0.2) is 5.11 Å². The summed E-state index contributed by atoms with van der Waals surface area (Å²) in [5.74, 6) is 0.869. The van der Waals surface area contributed by atoms with Crippen molar-refractivity contribution >= 4 is 5.69 Å². The van der Waals surface area contributed by atoms with Crippen LogP contribution in [0, 0.1) is 6.92 Å². The van der Waals surface area contributed by atoms with E-state index in [0.29, 0.717) is 11.6 Å². The zero-order chi connectivity index (χ0) is 10.8. The van der Waals surface area contributed by atoms with Crippen LogP contribution >= 0.6 is 0 Å².